The largest absolute Gasteiger partial charge is 0.460 e. The number of fused-ring (bicyclic) bond motifs is 1. The van der Waals surface area contributed by atoms with E-state index in [9.17, 15) is 44.0 Å². The van der Waals surface area contributed by atoms with Gasteiger partial charge in [-0.25, -0.2) is 9.42 Å². The summed E-state index contributed by atoms with van der Waals surface area (Å²) in [5.41, 5.74) is 0.535. The van der Waals surface area contributed by atoms with E-state index in [-0.39, 0.29) is 46.5 Å². The van der Waals surface area contributed by atoms with Gasteiger partial charge in [0, 0.05) is 31.2 Å². The number of hydrogen-bond acceptors (Lipinski definition) is 15. The maximum Gasteiger partial charge on any atom is 0.329 e. The third-order valence-electron chi connectivity index (χ3n) is 12.5. The second-order valence-electron chi connectivity index (χ2n) is 18.3. The lowest BCUT2D eigenvalue weighted by Gasteiger charge is -2.30. The first-order valence-electron chi connectivity index (χ1n) is 25.5. The van der Waals surface area contributed by atoms with Gasteiger partial charge in [0.15, 0.2) is 10.6 Å². The summed E-state index contributed by atoms with van der Waals surface area (Å²) in [5, 5.41) is 43.0. The fraction of sp³-hybridized carbons (Fsp3) is 0.720. The molecule has 6 N–H and O–H groups in total. The van der Waals surface area contributed by atoms with Crippen molar-refractivity contribution < 1.29 is 48.2 Å². The van der Waals surface area contributed by atoms with Crippen molar-refractivity contribution in [2.45, 2.75) is 200 Å². The number of carbonyl (C=O) groups excluding carboxylic acids is 6. The lowest BCUT2D eigenvalue weighted by molar-refractivity contribution is -0.383. The van der Waals surface area contributed by atoms with E-state index >= 15 is 0 Å². The number of thioether (sulfide) groups is 1. The van der Waals surface area contributed by atoms with Crippen LogP contribution in [-0.2, 0) is 33.5 Å². The van der Waals surface area contributed by atoms with Crippen molar-refractivity contribution in [2.24, 2.45) is 11.8 Å². The number of nitro benzene ring substituents is 1. The minimum absolute atomic E-state index is 0.0273. The molecule has 0 unspecified atom stereocenters. The molecule has 0 spiro atoms. The Balaban J connectivity index is 2.03. The second-order valence-corrected chi connectivity index (χ2v) is 19.4. The predicted octanol–water partition coefficient (Wildman–Crippen LogP) is 7.99. The Kier molecular flexibility index (Phi) is 30.6. The van der Waals surface area contributed by atoms with Crippen molar-refractivity contribution >= 4 is 68.9 Å². The molecule has 0 fully saturated rings. The molecular formula is C50H82N8O11S. The maximum atomic E-state index is 14.1. The molecule has 1 heterocycles. The molecule has 4 amide bonds. The highest BCUT2D eigenvalue weighted by Gasteiger charge is 2.36. The minimum atomic E-state index is -1.41. The van der Waals surface area contributed by atoms with Crippen molar-refractivity contribution in [1.82, 2.24) is 31.6 Å². The molecule has 2 aromatic rings. The fourth-order valence-corrected chi connectivity index (χ4v) is 8.56. The molecule has 0 radical (unpaired) electrons. The van der Waals surface area contributed by atoms with Crippen LogP contribution in [0.25, 0.3) is 11.0 Å². The van der Waals surface area contributed by atoms with Crippen LogP contribution in [0.3, 0.4) is 0 Å². The third kappa shape index (κ3) is 22.8. The number of carbonyl (C=O) groups is 6. The quantitative estimate of drug-likeness (QED) is 0.0122. The zero-order chi connectivity index (χ0) is 51.8. The van der Waals surface area contributed by atoms with E-state index in [1.54, 1.807) is 13.8 Å². The van der Waals surface area contributed by atoms with Crippen LogP contribution in [0.15, 0.2) is 29.4 Å². The molecule has 2 rings (SSSR count). The van der Waals surface area contributed by atoms with Gasteiger partial charge in [0.25, 0.3) is 0 Å². The van der Waals surface area contributed by atoms with Crippen LogP contribution in [0.4, 0.5) is 11.4 Å². The Morgan fingerprint density at radius 1 is 0.729 bits per heavy atom. The molecule has 394 valence electrons. The summed E-state index contributed by atoms with van der Waals surface area (Å²) in [6.45, 7) is 14.7. The number of unbranched alkanes of at least 4 members (excludes halogenated alkanes) is 14. The van der Waals surface area contributed by atoms with Crippen LogP contribution in [0.5, 0.6) is 0 Å². The van der Waals surface area contributed by atoms with Crippen LogP contribution in [0.1, 0.15) is 170 Å². The molecule has 7 atom stereocenters. The number of aliphatic hydroxyl groups excluding tert-OH is 1. The zero-order valence-electron chi connectivity index (χ0n) is 42.5. The van der Waals surface area contributed by atoms with E-state index in [1.165, 1.54) is 82.9 Å². The van der Waals surface area contributed by atoms with Gasteiger partial charge in [-0.05, 0) is 54.4 Å². The summed E-state index contributed by atoms with van der Waals surface area (Å²) in [4.78, 5) is 91.8. The number of nitrogens with one attached hydrogen (secondary N) is 5. The lowest BCUT2D eigenvalue weighted by Crippen LogP contribution is -2.61. The summed E-state index contributed by atoms with van der Waals surface area (Å²) in [5.74, 6) is -4.34. The average molecular weight is 1000 g/mol. The first-order valence-corrected chi connectivity index (χ1v) is 26.5. The number of amides is 4. The van der Waals surface area contributed by atoms with Crippen LogP contribution in [-0.4, -0.2) is 104 Å². The van der Waals surface area contributed by atoms with Gasteiger partial charge in [-0.2, -0.15) is 0 Å². The van der Waals surface area contributed by atoms with E-state index in [0.29, 0.717) is 57.2 Å². The number of hydrogen-bond donors (Lipinski definition) is 6. The number of anilines is 1. The number of non-ortho nitro benzene ring substituents is 1. The highest BCUT2D eigenvalue weighted by atomic mass is 32.2. The van der Waals surface area contributed by atoms with Crippen molar-refractivity contribution in [3.8, 4) is 0 Å². The SMILES string of the molecule is C=CCOC(=O)[C@@H](NC(=O)[C@H](CSC(=O)CCCCCCCCCCCCCCC)NC(=O)[C@@H](NC(=O)[C@@H](NC(=O)CCCCCNc1ccc([N+](=O)[O-])c2nonc12)[C@@H](C)O)[C@@H](C)CC)[C@@H](C)CC. The average Bonchev–Trinajstić information content (AvgIpc) is 3.84. The van der Waals surface area contributed by atoms with Gasteiger partial charge in [0.1, 0.15) is 30.8 Å². The standard InChI is InChI=1S/C50H82N8O11S/c1-8-12-13-14-15-16-17-18-19-20-21-22-25-28-41(61)70-33-38(47(62)55-43(35(6)11-4)50(65)68-32-9-2)52-48(63)42(34(5)10-3)54-49(64)44(36(7)59)53-40(60)27-24-23-26-31-51-37-29-30-39(58(66)67)46-45(37)56-69-57-46/h9,29-30,34-36,38,42-44,51,59H,2,8,10-28,31-33H2,1,3-7H3,(H,52,63)(H,53,60)(H,54,64)(H,55,62)/t34-,35-,36+,38-,42-,43-,44-/m0/s1. The molecule has 70 heavy (non-hydrogen) atoms. The maximum absolute atomic E-state index is 14.1. The summed E-state index contributed by atoms with van der Waals surface area (Å²) in [6, 6.07) is -2.13. The van der Waals surface area contributed by atoms with Gasteiger partial charge >= 0.3 is 11.7 Å². The lowest BCUT2D eigenvalue weighted by atomic mass is 9.97. The first-order chi connectivity index (χ1) is 33.6. The number of rotatable bonds is 39. The van der Waals surface area contributed by atoms with Crippen LogP contribution >= 0.6 is 11.8 Å². The van der Waals surface area contributed by atoms with Gasteiger partial charge in [-0.15, -0.1) is 0 Å². The van der Waals surface area contributed by atoms with E-state index in [0.717, 1.165) is 31.0 Å². The van der Waals surface area contributed by atoms with E-state index in [1.807, 2.05) is 13.8 Å². The van der Waals surface area contributed by atoms with Gasteiger partial charge in [-0.3, -0.25) is 34.1 Å². The molecule has 0 aliphatic rings. The summed E-state index contributed by atoms with van der Waals surface area (Å²) < 4.78 is 9.97. The monoisotopic (exact) mass is 1000 g/mol. The summed E-state index contributed by atoms with van der Waals surface area (Å²) >= 11 is 0.926. The van der Waals surface area contributed by atoms with Gasteiger partial charge in [0.2, 0.25) is 29.1 Å². The van der Waals surface area contributed by atoms with Gasteiger partial charge < -0.3 is 36.4 Å². The Bertz CT molecular complexity index is 1930. The molecule has 0 saturated heterocycles. The molecule has 1 aromatic carbocycles. The number of ether oxygens (including phenoxy) is 1. The van der Waals surface area contributed by atoms with Crippen molar-refractivity contribution in [3.63, 3.8) is 0 Å². The van der Waals surface area contributed by atoms with Gasteiger partial charge in [0.05, 0.1) is 16.7 Å². The smallest absolute Gasteiger partial charge is 0.329 e. The third-order valence-corrected chi connectivity index (χ3v) is 13.5. The molecule has 0 aliphatic heterocycles. The Morgan fingerprint density at radius 3 is 1.86 bits per heavy atom. The number of nitrogens with zero attached hydrogens (tertiary/aromatic N) is 3. The first kappa shape index (κ1) is 61.0. The normalized spacial score (nSPS) is 14.3. The van der Waals surface area contributed by atoms with E-state index in [4.69, 9.17) is 9.37 Å². The second kappa shape index (κ2) is 35.1. The van der Waals surface area contributed by atoms with E-state index in [2.05, 4.69) is 50.4 Å². The molecular weight excluding hydrogens is 921 g/mol. The summed E-state index contributed by atoms with van der Waals surface area (Å²) in [6.07, 6.45) is 18.3. The molecule has 20 heteroatoms. The van der Waals surface area contributed by atoms with Crippen molar-refractivity contribution in [1.29, 1.82) is 0 Å². The fourth-order valence-electron chi connectivity index (χ4n) is 7.68. The highest BCUT2D eigenvalue weighted by molar-refractivity contribution is 8.13. The van der Waals surface area contributed by atoms with Crippen molar-refractivity contribution in [2.75, 3.05) is 24.2 Å². The number of esters is 1. The van der Waals surface area contributed by atoms with Crippen LogP contribution in [0.2, 0.25) is 0 Å². The van der Waals surface area contributed by atoms with E-state index < -0.39 is 70.7 Å². The molecule has 0 saturated carbocycles. The van der Waals surface area contributed by atoms with Crippen LogP contribution < -0.4 is 26.6 Å². The van der Waals surface area contributed by atoms with Crippen molar-refractivity contribution in [3.05, 3.63) is 34.9 Å². The predicted molar refractivity (Wildman–Crippen MR) is 273 cm³/mol. The summed E-state index contributed by atoms with van der Waals surface area (Å²) in [7, 11) is 0. The highest BCUT2D eigenvalue weighted by Crippen LogP contribution is 2.29. The topological polar surface area (TPSA) is 274 Å². The number of benzene rings is 1. The molecule has 19 nitrogen and oxygen atoms in total. The van der Waals surface area contributed by atoms with Crippen LogP contribution in [0, 0.1) is 22.0 Å². The Hall–Kier alpha value is -5.11. The molecule has 0 aliphatic carbocycles. The Morgan fingerprint density at radius 2 is 1.27 bits per heavy atom. The molecule has 0 bridgehead atoms. The van der Waals surface area contributed by atoms with Gasteiger partial charge in [-0.1, -0.05) is 155 Å². The number of aromatic nitrogens is 2. The Labute approximate surface area is 418 Å². The zero-order valence-corrected chi connectivity index (χ0v) is 43.3. The minimum Gasteiger partial charge on any atom is -0.460 e. The number of nitro groups is 1. The molecule has 1 aromatic heterocycles. The number of aliphatic hydroxyl groups is 1.